The standard InChI is InChI=1S/C21H18FNO/c1-15(21(24)23-18-10-6-3-7-11-18)17-12-13-19(20(22)14-17)16-8-4-2-5-9-16/h2-15H,1H3,(H,23,24)/t15-/m0/s1. The number of carbonyl (C=O) groups is 1. The highest BCUT2D eigenvalue weighted by molar-refractivity contribution is 5.95. The van der Waals surface area contributed by atoms with Gasteiger partial charge in [-0.2, -0.15) is 0 Å². The van der Waals surface area contributed by atoms with Crippen molar-refractivity contribution >= 4 is 11.6 Å². The monoisotopic (exact) mass is 319 g/mol. The fourth-order valence-electron chi connectivity index (χ4n) is 2.58. The van der Waals surface area contributed by atoms with Crippen molar-refractivity contribution in [2.45, 2.75) is 12.8 Å². The molecular formula is C21H18FNO. The Bertz CT molecular complexity index is 831. The van der Waals surface area contributed by atoms with E-state index in [9.17, 15) is 9.18 Å². The van der Waals surface area contributed by atoms with Gasteiger partial charge in [0.15, 0.2) is 0 Å². The first-order valence-electron chi connectivity index (χ1n) is 7.86. The predicted octanol–water partition coefficient (Wildman–Crippen LogP) is 5.23. The topological polar surface area (TPSA) is 29.1 Å². The van der Waals surface area contributed by atoms with Gasteiger partial charge in [0.25, 0.3) is 0 Å². The number of rotatable bonds is 4. The molecule has 3 rings (SSSR count). The molecule has 0 spiro atoms. The van der Waals surface area contributed by atoms with Crippen LogP contribution >= 0.6 is 0 Å². The Morgan fingerprint density at radius 3 is 2.17 bits per heavy atom. The molecule has 120 valence electrons. The van der Waals surface area contributed by atoms with Crippen molar-refractivity contribution < 1.29 is 9.18 Å². The second-order valence-corrected chi connectivity index (χ2v) is 5.68. The van der Waals surface area contributed by atoms with E-state index < -0.39 is 5.92 Å². The van der Waals surface area contributed by atoms with Crippen LogP contribution in [0, 0.1) is 5.82 Å². The van der Waals surface area contributed by atoms with E-state index in [0.29, 0.717) is 11.1 Å². The molecule has 24 heavy (non-hydrogen) atoms. The first kappa shape index (κ1) is 15.9. The predicted molar refractivity (Wildman–Crippen MR) is 95.3 cm³/mol. The van der Waals surface area contributed by atoms with E-state index in [1.54, 1.807) is 19.1 Å². The van der Waals surface area contributed by atoms with Gasteiger partial charge >= 0.3 is 0 Å². The maximum absolute atomic E-state index is 14.5. The summed E-state index contributed by atoms with van der Waals surface area (Å²) in [6.07, 6.45) is 0. The fraction of sp³-hybridized carbons (Fsp3) is 0.0952. The van der Waals surface area contributed by atoms with E-state index in [2.05, 4.69) is 5.32 Å². The Morgan fingerprint density at radius 2 is 1.54 bits per heavy atom. The number of halogens is 1. The summed E-state index contributed by atoms with van der Waals surface area (Å²) >= 11 is 0. The van der Waals surface area contributed by atoms with Crippen molar-refractivity contribution in [2.75, 3.05) is 5.32 Å². The van der Waals surface area contributed by atoms with Crippen LogP contribution in [-0.4, -0.2) is 5.91 Å². The van der Waals surface area contributed by atoms with Gasteiger partial charge in [-0.25, -0.2) is 4.39 Å². The second kappa shape index (κ2) is 7.09. The van der Waals surface area contributed by atoms with Crippen LogP contribution in [0.1, 0.15) is 18.4 Å². The average Bonchev–Trinajstić information content (AvgIpc) is 2.62. The van der Waals surface area contributed by atoms with Gasteiger partial charge in [-0.15, -0.1) is 0 Å². The SMILES string of the molecule is C[C@H](C(=O)Nc1ccccc1)c1ccc(-c2ccccc2)c(F)c1. The summed E-state index contributed by atoms with van der Waals surface area (Å²) in [5.74, 6) is -0.921. The van der Waals surface area contributed by atoms with Crippen LogP contribution < -0.4 is 5.32 Å². The molecule has 3 aromatic carbocycles. The lowest BCUT2D eigenvalue weighted by Crippen LogP contribution is -2.18. The van der Waals surface area contributed by atoms with Crippen molar-refractivity contribution in [3.63, 3.8) is 0 Å². The van der Waals surface area contributed by atoms with Crippen LogP contribution in [0.3, 0.4) is 0 Å². The highest BCUT2D eigenvalue weighted by atomic mass is 19.1. The third-order valence-corrected chi connectivity index (χ3v) is 4.01. The number of hydrogen-bond donors (Lipinski definition) is 1. The average molecular weight is 319 g/mol. The van der Waals surface area contributed by atoms with E-state index >= 15 is 0 Å². The third kappa shape index (κ3) is 3.51. The summed E-state index contributed by atoms with van der Waals surface area (Å²) in [4.78, 5) is 12.3. The summed E-state index contributed by atoms with van der Waals surface area (Å²) < 4.78 is 14.5. The number of nitrogens with one attached hydrogen (secondary N) is 1. The first-order chi connectivity index (χ1) is 11.6. The van der Waals surface area contributed by atoms with Crippen molar-refractivity contribution in [1.29, 1.82) is 0 Å². The summed E-state index contributed by atoms with van der Waals surface area (Å²) in [5.41, 5.74) is 2.74. The van der Waals surface area contributed by atoms with E-state index in [4.69, 9.17) is 0 Å². The summed E-state index contributed by atoms with van der Waals surface area (Å²) in [5, 5.41) is 2.84. The van der Waals surface area contributed by atoms with Gasteiger partial charge in [-0.05, 0) is 36.2 Å². The summed E-state index contributed by atoms with van der Waals surface area (Å²) in [6, 6.07) is 23.6. The minimum Gasteiger partial charge on any atom is -0.326 e. The van der Waals surface area contributed by atoms with Crippen molar-refractivity contribution in [3.8, 4) is 11.1 Å². The van der Waals surface area contributed by atoms with Crippen LogP contribution in [0.2, 0.25) is 0 Å². The number of carbonyl (C=O) groups excluding carboxylic acids is 1. The normalized spacial score (nSPS) is 11.8. The van der Waals surface area contributed by atoms with Crippen LogP contribution in [0.5, 0.6) is 0 Å². The molecule has 3 heteroatoms. The van der Waals surface area contributed by atoms with Gasteiger partial charge < -0.3 is 5.32 Å². The van der Waals surface area contributed by atoms with Crippen LogP contribution in [-0.2, 0) is 4.79 Å². The largest absolute Gasteiger partial charge is 0.326 e. The molecule has 0 heterocycles. The molecule has 0 saturated carbocycles. The molecule has 1 N–H and O–H groups in total. The molecule has 0 bridgehead atoms. The number of para-hydroxylation sites is 1. The molecule has 2 nitrogen and oxygen atoms in total. The molecule has 0 saturated heterocycles. The lowest BCUT2D eigenvalue weighted by Gasteiger charge is -2.14. The lowest BCUT2D eigenvalue weighted by molar-refractivity contribution is -0.117. The molecule has 0 unspecified atom stereocenters. The minimum absolute atomic E-state index is 0.159. The van der Waals surface area contributed by atoms with E-state index in [1.165, 1.54) is 6.07 Å². The van der Waals surface area contributed by atoms with Gasteiger partial charge in [0.05, 0.1) is 5.92 Å². The smallest absolute Gasteiger partial charge is 0.231 e. The van der Waals surface area contributed by atoms with Gasteiger partial charge in [-0.3, -0.25) is 4.79 Å². The molecular weight excluding hydrogens is 301 g/mol. The van der Waals surface area contributed by atoms with Gasteiger partial charge in [-0.1, -0.05) is 60.7 Å². The number of anilines is 1. The van der Waals surface area contributed by atoms with Crippen LogP contribution in [0.15, 0.2) is 78.9 Å². The molecule has 0 aliphatic rings. The zero-order chi connectivity index (χ0) is 16.9. The van der Waals surface area contributed by atoms with Gasteiger partial charge in [0.1, 0.15) is 5.82 Å². The lowest BCUT2D eigenvalue weighted by atomic mass is 9.96. The highest BCUT2D eigenvalue weighted by Gasteiger charge is 2.17. The van der Waals surface area contributed by atoms with Crippen LogP contribution in [0.25, 0.3) is 11.1 Å². The quantitative estimate of drug-likeness (QED) is 0.700. The Kier molecular flexibility index (Phi) is 4.71. The zero-order valence-electron chi connectivity index (χ0n) is 13.4. The number of benzene rings is 3. The second-order valence-electron chi connectivity index (χ2n) is 5.68. The van der Waals surface area contributed by atoms with E-state index in [-0.39, 0.29) is 11.7 Å². The molecule has 0 aliphatic carbocycles. The number of amides is 1. The molecule has 1 amide bonds. The van der Waals surface area contributed by atoms with Gasteiger partial charge in [0, 0.05) is 11.3 Å². The van der Waals surface area contributed by atoms with Crippen molar-refractivity contribution in [1.82, 2.24) is 0 Å². The van der Waals surface area contributed by atoms with Gasteiger partial charge in [0.2, 0.25) is 5.91 Å². The Morgan fingerprint density at radius 1 is 0.917 bits per heavy atom. The molecule has 0 radical (unpaired) electrons. The molecule has 1 atom stereocenters. The highest BCUT2D eigenvalue weighted by Crippen LogP contribution is 2.26. The summed E-state index contributed by atoms with van der Waals surface area (Å²) in [7, 11) is 0. The summed E-state index contributed by atoms with van der Waals surface area (Å²) in [6.45, 7) is 1.77. The molecule has 0 fully saturated rings. The van der Waals surface area contributed by atoms with E-state index in [1.807, 2.05) is 60.7 Å². The first-order valence-corrected chi connectivity index (χ1v) is 7.86. The minimum atomic E-state index is -0.440. The maximum atomic E-state index is 14.5. The Balaban J connectivity index is 1.79. The van der Waals surface area contributed by atoms with Crippen molar-refractivity contribution in [2.24, 2.45) is 0 Å². The molecule has 0 aliphatic heterocycles. The Hall–Kier alpha value is -2.94. The number of hydrogen-bond acceptors (Lipinski definition) is 1. The third-order valence-electron chi connectivity index (χ3n) is 4.01. The zero-order valence-corrected chi connectivity index (χ0v) is 13.4. The molecule has 0 aromatic heterocycles. The van der Waals surface area contributed by atoms with E-state index in [0.717, 1.165) is 11.3 Å². The van der Waals surface area contributed by atoms with Crippen LogP contribution in [0.4, 0.5) is 10.1 Å². The molecule has 3 aromatic rings. The Labute approximate surface area is 141 Å². The fourth-order valence-corrected chi connectivity index (χ4v) is 2.58. The van der Waals surface area contributed by atoms with Crippen molar-refractivity contribution in [3.05, 3.63) is 90.2 Å². The maximum Gasteiger partial charge on any atom is 0.231 e.